The van der Waals surface area contributed by atoms with Crippen LogP contribution >= 0.6 is 11.3 Å². The number of rotatable bonds is 9. The second-order valence-electron chi connectivity index (χ2n) is 8.94. The average Bonchev–Trinajstić information content (AvgIpc) is 3.39. The normalized spacial score (nSPS) is 20.0. The summed E-state index contributed by atoms with van der Waals surface area (Å²) in [6, 6.07) is 11.7. The van der Waals surface area contributed by atoms with Crippen LogP contribution in [-0.4, -0.2) is 61.5 Å². The van der Waals surface area contributed by atoms with Crippen LogP contribution in [0.3, 0.4) is 0 Å². The van der Waals surface area contributed by atoms with Gasteiger partial charge in [-0.25, -0.2) is 0 Å². The maximum Gasteiger partial charge on any atom is 0.169 e. The highest BCUT2D eigenvalue weighted by atomic mass is 32.1. The first-order valence-corrected chi connectivity index (χ1v) is 12.1. The lowest BCUT2D eigenvalue weighted by Crippen LogP contribution is -2.46. The van der Waals surface area contributed by atoms with Crippen molar-refractivity contribution in [1.82, 2.24) is 9.80 Å². The third-order valence-corrected chi connectivity index (χ3v) is 7.71. The molecular formula is C25H34N2O2S. The first-order chi connectivity index (χ1) is 14.6. The number of methoxy groups -OCH3 is 1. The topological polar surface area (TPSA) is 32.8 Å². The van der Waals surface area contributed by atoms with Gasteiger partial charge >= 0.3 is 0 Å². The van der Waals surface area contributed by atoms with Crippen LogP contribution in [-0.2, 0) is 24.1 Å². The van der Waals surface area contributed by atoms with Gasteiger partial charge in [-0.3, -0.25) is 14.6 Å². The van der Waals surface area contributed by atoms with E-state index < -0.39 is 0 Å². The third kappa shape index (κ3) is 5.38. The fourth-order valence-corrected chi connectivity index (χ4v) is 5.90. The Kier molecular flexibility index (Phi) is 7.37. The lowest BCUT2D eigenvalue weighted by atomic mass is 9.95. The predicted molar refractivity (Wildman–Crippen MR) is 123 cm³/mol. The van der Waals surface area contributed by atoms with Gasteiger partial charge in [-0.05, 0) is 73.2 Å². The molecule has 1 aromatic carbocycles. The molecule has 0 saturated carbocycles. The Bertz CT molecular complexity index is 824. The number of hydrogen-bond acceptors (Lipinski definition) is 5. The van der Waals surface area contributed by atoms with Gasteiger partial charge in [0.25, 0.3) is 0 Å². The Morgan fingerprint density at radius 3 is 2.70 bits per heavy atom. The van der Waals surface area contributed by atoms with E-state index in [1.807, 2.05) is 0 Å². The molecule has 1 aliphatic heterocycles. The van der Waals surface area contributed by atoms with Gasteiger partial charge in [-0.1, -0.05) is 24.3 Å². The van der Waals surface area contributed by atoms with E-state index >= 15 is 0 Å². The number of benzene rings is 1. The minimum atomic E-state index is 0.162. The Hall–Kier alpha value is -1.53. The van der Waals surface area contributed by atoms with Crippen LogP contribution in [0.5, 0.6) is 0 Å². The van der Waals surface area contributed by atoms with E-state index in [0.717, 1.165) is 31.1 Å². The van der Waals surface area contributed by atoms with Gasteiger partial charge in [0.2, 0.25) is 0 Å². The van der Waals surface area contributed by atoms with Crippen LogP contribution in [0.25, 0.3) is 0 Å². The van der Waals surface area contributed by atoms with Crippen LogP contribution in [0.4, 0.5) is 0 Å². The van der Waals surface area contributed by atoms with Crippen LogP contribution in [0.1, 0.15) is 46.1 Å². The zero-order valence-corrected chi connectivity index (χ0v) is 19.1. The van der Waals surface area contributed by atoms with Crippen LogP contribution in [0.2, 0.25) is 0 Å². The summed E-state index contributed by atoms with van der Waals surface area (Å²) in [5.74, 6) is 0.861. The molecule has 4 rings (SSSR count). The van der Waals surface area contributed by atoms with Gasteiger partial charge in [0, 0.05) is 39.3 Å². The zero-order chi connectivity index (χ0) is 20.9. The van der Waals surface area contributed by atoms with Crippen molar-refractivity contribution in [3.63, 3.8) is 0 Å². The highest BCUT2D eigenvalue weighted by Crippen LogP contribution is 2.29. The Morgan fingerprint density at radius 2 is 2.03 bits per heavy atom. The van der Waals surface area contributed by atoms with Crippen molar-refractivity contribution in [2.45, 2.75) is 45.2 Å². The zero-order valence-electron chi connectivity index (χ0n) is 18.3. The monoisotopic (exact) mass is 426 g/mol. The molecule has 0 bridgehead atoms. The molecule has 1 fully saturated rings. The van der Waals surface area contributed by atoms with E-state index in [-0.39, 0.29) is 5.78 Å². The van der Waals surface area contributed by atoms with E-state index in [4.69, 9.17) is 4.74 Å². The van der Waals surface area contributed by atoms with Crippen molar-refractivity contribution in [3.05, 3.63) is 57.3 Å². The molecule has 1 atom stereocenters. The van der Waals surface area contributed by atoms with Crippen LogP contribution in [0.15, 0.2) is 35.7 Å². The summed E-state index contributed by atoms with van der Waals surface area (Å²) in [5, 5.41) is 2.14. The maximum atomic E-state index is 11.6. The maximum absolute atomic E-state index is 11.6. The van der Waals surface area contributed by atoms with Crippen molar-refractivity contribution >= 4 is 17.1 Å². The van der Waals surface area contributed by atoms with E-state index in [1.54, 1.807) is 36.5 Å². The number of ketones is 1. The number of carbonyl (C=O) groups is 1. The van der Waals surface area contributed by atoms with Gasteiger partial charge in [-0.2, -0.15) is 0 Å². The lowest BCUT2D eigenvalue weighted by molar-refractivity contribution is 0.0844. The summed E-state index contributed by atoms with van der Waals surface area (Å²) in [5.41, 5.74) is 4.34. The molecule has 2 heterocycles. The average molecular weight is 427 g/mol. The lowest BCUT2D eigenvalue weighted by Gasteiger charge is -2.38. The number of thiophene rings is 1. The van der Waals surface area contributed by atoms with Crippen molar-refractivity contribution in [2.75, 3.05) is 39.9 Å². The summed E-state index contributed by atoms with van der Waals surface area (Å²) in [4.78, 5) is 17.8. The minimum absolute atomic E-state index is 0.162. The number of likely N-dealkylation sites (tertiary alicyclic amines) is 1. The smallest absolute Gasteiger partial charge is 0.169 e. The SMILES string of the molecule is COCCN(Cc1csc(C(C)=O)c1)C[C@@H]1CCCN(C2Cc3ccccc3C2)C1. The molecule has 30 heavy (non-hydrogen) atoms. The van der Waals surface area contributed by atoms with E-state index in [9.17, 15) is 4.79 Å². The summed E-state index contributed by atoms with van der Waals surface area (Å²) < 4.78 is 5.38. The third-order valence-electron chi connectivity index (χ3n) is 6.63. The number of ether oxygens (including phenoxy) is 1. The number of nitrogens with zero attached hydrogens (tertiary/aromatic N) is 2. The fourth-order valence-electron chi connectivity index (χ4n) is 5.09. The molecule has 1 aromatic heterocycles. The molecule has 4 nitrogen and oxygen atoms in total. The molecule has 0 radical (unpaired) electrons. The highest BCUT2D eigenvalue weighted by Gasteiger charge is 2.31. The number of fused-ring (bicyclic) bond motifs is 1. The highest BCUT2D eigenvalue weighted by molar-refractivity contribution is 7.12. The molecule has 2 aromatic rings. The first-order valence-electron chi connectivity index (χ1n) is 11.2. The molecule has 0 spiro atoms. The van der Waals surface area contributed by atoms with Crippen molar-refractivity contribution in [3.8, 4) is 0 Å². The van der Waals surface area contributed by atoms with Crippen molar-refractivity contribution in [1.29, 1.82) is 0 Å². The molecule has 1 saturated heterocycles. The standard InChI is InChI=1S/C25H34N2O2S/c1-19(28)25-12-21(18-30-25)16-26(10-11-29-2)15-20-6-5-9-27(17-20)24-13-22-7-3-4-8-23(22)14-24/h3-4,7-8,12,18,20,24H,5-6,9-11,13-17H2,1-2H3/t20-/m0/s1. The molecular weight excluding hydrogens is 392 g/mol. The number of Topliss-reactive ketones (excluding diaryl/α,β-unsaturated/α-hetero) is 1. The number of piperidine rings is 1. The number of hydrogen-bond donors (Lipinski definition) is 0. The van der Waals surface area contributed by atoms with Gasteiger partial charge in [0.15, 0.2) is 5.78 Å². The van der Waals surface area contributed by atoms with Gasteiger partial charge in [0.05, 0.1) is 11.5 Å². The van der Waals surface area contributed by atoms with Gasteiger partial charge in [0.1, 0.15) is 0 Å². The summed E-state index contributed by atoms with van der Waals surface area (Å²) in [7, 11) is 1.77. The van der Waals surface area contributed by atoms with E-state index in [0.29, 0.717) is 12.0 Å². The van der Waals surface area contributed by atoms with E-state index in [2.05, 4.69) is 45.5 Å². The molecule has 1 aliphatic carbocycles. The molecule has 162 valence electrons. The quantitative estimate of drug-likeness (QED) is 0.561. The summed E-state index contributed by atoms with van der Waals surface area (Å²) >= 11 is 1.57. The molecule has 0 unspecified atom stereocenters. The second kappa shape index (κ2) is 10.2. The van der Waals surface area contributed by atoms with Gasteiger partial charge in [-0.15, -0.1) is 11.3 Å². The Balaban J connectivity index is 1.35. The fraction of sp³-hybridized carbons (Fsp3) is 0.560. The van der Waals surface area contributed by atoms with Crippen LogP contribution in [0, 0.1) is 5.92 Å². The minimum Gasteiger partial charge on any atom is -0.383 e. The van der Waals surface area contributed by atoms with E-state index in [1.165, 1.54) is 44.3 Å². The second-order valence-corrected chi connectivity index (χ2v) is 9.85. The first kappa shape index (κ1) is 21.7. The largest absolute Gasteiger partial charge is 0.383 e. The number of carbonyl (C=O) groups excluding carboxylic acids is 1. The van der Waals surface area contributed by atoms with Gasteiger partial charge < -0.3 is 4.74 Å². The molecule has 0 amide bonds. The Morgan fingerprint density at radius 1 is 1.27 bits per heavy atom. The molecule has 0 N–H and O–H groups in total. The molecule has 5 heteroatoms. The Labute approximate surface area is 184 Å². The van der Waals surface area contributed by atoms with Crippen LogP contribution < -0.4 is 0 Å². The van der Waals surface area contributed by atoms with Crippen molar-refractivity contribution in [2.24, 2.45) is 5.92 Å². The molecule has 2 aliphatic rings. The summed E-state index contributed by atoms with van der Waals surface area (Å²) in [6.07, 6.45) is 5.02. The predicted octanol–water partition coefficient (Wildman–Crippen LogP) is 4.28. The van der Waals surface area contributed by atoms with Crippen molar-refractivity contribution < 1.29 is 9.53 Å². The summed E-state index contributed by atoms with van der Waals surface area (Å²) in [6.45, 7) is 7.77.